The fourth-order valence-electron chi connectivity index (χ4n) is 3.25. The highest BCUT2D eigenvalue weighted by Crippen LogP contribution is 2.59. The third-order valence-electron chi connectivity index (χ3n) is 4.77. The van der Waals surface area contributed by atoms with Crippen molar-refractivity contribution < 1.29 is 22.7 Å². The molecule has 0 N–H and O–H groups in total. The van der Waals surface area contributed by atoms with Gasteiger partial charge in [0.1, 0.15) is 12.4 Å². The van der Waals surface area contributed by atoms with Gasteiger partial charge in [0.2, 0.25) is 0 Å². The molecule has 0 aliphatic heterocycles. The molecule has 24 heavy (non-hydrogen) atoms. The summed E-state index contributed by atoms with van der Waals surface area (Å²) in [6.07, 6.45) is 2.21. The first-order chi connectivity index (χ1) is 11.1. The van der Waals surface area contributed by atoms with Crippen LogP contribution in [0.25, 0.3) is 0 Å². The maximum atomic E-state index is 14.0. The highest BCUT2D eigenvalue weighted by atomic mass is 19.2. The Labute approximate surface area is 140 Å². The van der Waals surface area contributed by atoms with Crippen LogP contribution in [0.1, 0.15) is 45.7 Å². The first-order valence-corrected chi connectivity index (χ1v) is 8.08. The minimum Gasteiger partial charge on any atom is -0.460 e. The zero-order valence-corrected chi connectivity index (χ0v) is 14.7. The summed E-state index contributed by atoms with van der Waals surface area (Å²) in [5, 5.41) is 0. The molecule has 0 amide bonds. The molecule has 2 nitrogen and oxygen atoms in total. The number of hydrogen-bond acceptors (Lipinski definition) is 2. The van der Waals surface area contributed by atoms with E-state index >= 15 is 0 Å². The monoisotopic (exact) mass is 340 g/mol. The second kappa shape index (κ2) is 6.61. The van der Waals surface area contributed by atoms with Gasteiger partial charge < -0.3 is 4.74 Å². The molecular weight excluding hydrogens is 317 g/mol. The molecule has 1 aliphatic rings. The van der Waals surface area contributed by atoms with Crippen molar-refractivity contribution in [2.24, 2.45) is 17.3 Å². The van der Waals surface area contributed by atoms with E-state index < -0.39 is 30.0 Å². The number of carbonyl (C=O) groups excluding carboxylic acids is 1. The van der Waals surface area contributed by atoms with E-state index in [1.807, 2.05) is 33.8 Å². The summed E-state index contributed by atoms with van der Waals surface area (Å²) in [5.74, 6) is -3.97. The standard InChI is InChI=1S/C19H23F3O2/c1-6-11-12(17(22)15(21)8-14(11)20)9-24-18(23)16-13(7-10(2)3)19(16,4)5/h7-8,13,16H,6,9H2,1-5H3/t13-,16+/m1/s1. The highest BCUT2D eigenvalue weighted by Gasteiger charge is 2.61. The summed E-state index contributed by atoms with van der Waals surface area (Å²) in [4.78, 5) is 12.3. The number of carbonyl (C=O) groups is 1. The largest absolute Gasteiger partial charge is 0.460 e. The molecule has 0 aromatic heterocycles. The van der Waals surface area contributed by atoms with Crippen molar-refractivity contribution in [1.29, 1.82) is 0 Å². The minimum atomic E-state index is -1.27. The maximum absolute atomic E-state index is 14.0. The number of esters is 1. The Kier molecular flexibility index (Phi) is 5.11. The SMILES string of the molecule is CCc1c(F)cc(F)c(F)c1COC(=O)[C@@H]1[C@@H](C=C(C)C)C1(C)C. The van der Waals surface area contributed by atoms with Crippen LogP contribution >= 0.6 is 0 Å². The molecule has 5 heteroatoms. The van der Waals surface area contributed by atoms with E-state index in [9.17, 15) is 18.0 Å². The zero-order chi connectivity index (χ0) is 18.2. The van der Waals surface area contributed by atoms with Crippen LogP contribution < -0.4 is 0 Å². The van der Waals surface area contributed by atoms with E-state index in [1.165, 1.54) is 0 Å². The molecule has 0 radical (unpaired) electrons. The lowest BCUT2D eigenvalue weighted by Gasteiger charge is -2.12. The maximum Gasteiger partial charge on any atom is 0.310 e. The zero-order valence-electron chi connectivity index (χ0n) is 14.7. The lowest BCUT2D eigenvalue weighted by Crippen LogP contribution is -2.13. The van der Waals surface area contributed by atoms with E-state index in [4.69, 9.17) is 4.74 Å². The van der Waals surface area contributed by atoms with Crippen LogP contribution in [0.2, 0.25) is 0 Å². The van der Waals surface area contributed by atoms with Crippen LogP contribution in [0.4, 0.5) is 13.2 Å². The van der Waals surface area contributed by atoms with Gasteiger partial charge in [0.15, 0.2) is 11.6 Å². The van der Waals surface area contributed by atoms with Crippen molar-refractivity contribution in [3.05, 3.63) is 46.3 Å². The fraction of sp³-hybridized carbons (Fsp3) is 0.526. The molecule has 0 saturated heterocycles. The molecule has 0 heterocycles. The first kappa shape index (κ1) is 18.6. The average molecular weight is 340 g/mol. The molecule has 0 unspecified atom stereocenters. The third kappa shape index (κ3) is 3.35. The summed E-state index contributed by atoms with van der Waals surface area (Å²) < 4.78 is 46.3. The summed E-state index contributed by atoms with van der Waals surface area (Å²) in [5.41, 5.74) is 0.696. The first-order valence-electron chi connectivity index (χ1n) is 8.08. The van der Waals surface area contributed by atoms with E-state index in [-0.39, 0.29) is 34.8 Å². The molecule has 1 fully saturated rings. The van der Waals surface area contributed by atoms with Gasteiger partial charge in [-0.25, -0.2) is 13.2 Å². The van der Waals surface area contributed by atoms with E-state index in [1.54, 1.807) is 6.92 Å². The van der Waals surface area contributed by atoms with Crippen molar-refractivity contribution in [3.8, 4) is 0 Å². The highest BCUT2D eigenvalue weighted by molar-refractivity contribution is 5.78. The predicted molar refractivity (Wildman–Crippen MR) is 85.7 cm³/mol. The van der Waals surface area contributed by atoms with Gasteiger partial charge in [0.05, 0.1) is 5.92 Å². The normalized spacial score (nSPS) is 21.3. The summed E-state index contributed by atoms with van der Waals surface area (Å²) in [7, 11) is 0. The molecule has 0 spiro atoms. The van der Waals surface area contributed by atoms with Gasteiger partial charge in [0, 0.05) is 11.6 Å². The van der Waals surface area contributed by atoms with Crippen LogP contribution in [-0.2, 0) is 22.6 Å². The van der Waals surface area contributed by atoms with Crippen molar-refractivity contribution >= 4 is 5.97 Å². The van der Waals surface area contributed by atoms with Crippen LogP contribution in [0.5, 0.6) is 0 Å². The molecule has 2 atom stereocenters. The fourth-order valence-corrected chi connectivity index (χ4v) is 3.25. The van der Waals surface area contributed by atoms with Gasteiger partial charge in [0.25, 0.3) is 0 Å². The summed E-state index contributed by atoms with van der Waals surface area (Å²) in [6, 6.07) is 0.522. The second-order valence-electron chi connectivity index (χ2n) is 7.14. The van der Waals surface area contributed by atoms with E-state index in [2.05, 4.69) is 0 Å². The molecule has 1 aromatic rings. The Balaban J connectivity index is 2.15. The lowest BCUT2D eigenvalue weighted by molar-refractivity contribution is -0.147. The Morgan fingerprint density at radius 3 is 2.38 bits per heavy atom. The third-order valence-corrected chi connectivity index (χ3v) is 4.77. The topological polar surface area (TPSA) is 26.3 Å². The van der Waals surface area contributed by atoms with Gasteiger partial charge in [-0.1, -0.05) is 32.4 Å². The minimum absolute atomic E-state index is 0.0394. The molecular formula is C19H23F3O2. The Hall–Kier alpha value is -1.78. The molecule has 1 aliphatic carbocycles. The number of rotatable bonds is 5. The van der Waals surface area contributed by atoms with Gasteiger partial charge in [-0.05, 0) is 37.2 Å². The molecule has 1 saturated carbocycles. The van der Waals surface area contributed by atoms with Crippen molar-refractivity contribution in [3.63, 3.8) is 0 Å². The average Bonchev–Trinajstić information content (AvgIpc) is 3.00. The van der Waals surface area contributed by atoms with Crippen molar-refractivity contribution in [2.45, 2.75) is 47.6 Å². The van der Waals surface area contributed by atoms with Crippen molar-refractivity contribution in [2.75, 3.05) is 0 Å². The molecule has 1 aromatic carbocycles. The van der Waals surface area contributed by atoms with Gasteiger partial charge in [-0.3, -0.25) is 4.79 Å². The number of halogens is 3. The summed E-state index contributed by atoms with van der Waals surface area (Å²) in [6.45, 7) is 9.00. The van der Waals surface area contributed by atoms with Gasteiger partial charge in [-0.2, -0.15) is 0 Å². The molecule has 0 bridgehead atoms. The summed E-state index contributed by atoms with van der Waals surface area (Å²) >= 11 is 0. The van der Waals surface area contributed by atoms with Gasteiger partial charge >= 0.3 is 5.97 Å². The Bertz CT molecular complexity index is 688. The van der Waals surface area contributed by atoms with Crippen molar-refractivity contribution in [1.82, 2.24) is 0 Å². The van der Waals surface area contributed by atoms with E-state index in [0.717, 1.165) is 5.57 Å². The van der Waals surface area contributed by atoms with Crippen LogP contribution in [0.15, 0.2) is 17.7 Å². The number of ether oxygens (including phenoxy) is 1. The lowest BCUT2D eigenvalue weighted by atomic mass is 10.0. The number of benzene rings is 1. The quantitative estimate of drug-likeness (QED) is 0.431. The smallest absolute Gasteiger partial charge is 0.310 e. The predicted octanol–water partition coefficient (Wildman–Crippen LogP) is 4.95. The Morgan fingerprint density at radius 2 is 1.83 bits per heavy atom. The van der Waals surface area contributed by atoms with Gasteiger partial charge in [-0.15, -0.1) is 0 Å². The Morgan fingerprint density at radius 1 is 1.21 bits per heavy atom. The van der Waals surface area contributed by atoms with E-state index in [0.29, 0.717) is 6.07 Å². The second-order valence-corrected chi connectivity index (χ2v) is 7.14. The molecule has 2 rings (SSSR count). The van der Waals surface area contributed by atoms with Crippen LogP contribution in [0, 0.1) is 34.7 Å². The van der Waals surface area contributed by atoms with Crippen LogP contribution in [0.3, 0.4) is 0 Å². The molecule has 132 valence electrons. The number of hydrogen-bond donors (Lipinski definition) is 0. The number of allylic oxidation sites excluding steroid dienone is 2. The van der Waals surface area contributed by atoms with Crippen LogP contribution in [-0.4, -0.2) is 5.97 Å².